The smallest absolute Gasteiger partial charge is 0.123 e. The zero-order valence-electron chi connectivity index (χ0n) is 8.40. The maximum atomic E-state index is 12.6. The highest BCUT2D eigenvalue weighted by atomic mass is 79.9. The minimum Gasteiger partial charge on any atom is -0.256 e. The molecule has 0 unspecified atom stereocenters. The second kappa shape index (κ2) is 5.03. The molecule has 16 heavy (non-hydrogen) atoms. The van der Waals surface area contributed by atoms with Gasteiger partial charge in [0.25, 0.3) is 0 Å². The summed E-state index contributed by atoms with van der Waals surface area (Å²) in [6.45, 7) is 0. The molecule has 0 spiro atoms. The van der Waals surface area contributed by atoms with Crippen LogP contribution in [0.4, 0.5) is 10.1 Å². The normalized spacial score (nSPS) is 10.9. The van der Waals surface area contributed by atoms with E-state index in [1.165, 1.54) is 12.1 Å². The van der Waals surface area contributed by atoms with Gasteiger partial charge in [-0.3, -0.25) is 4.99 Å². The van der Waals surface area contributed by atoms with Crippen LogP contribution >= 0.6 is 15.9 Å². The third-order valence-electron chi connectivity index (χ3n) is 2.06. The lowest BCUT2D eigenvalue weighted by Crippen LogP contribution is -1.79. The average Bonchev–Trinajstić information content (AvgIpc) is 2.30. The molecule has 2 rings (SSSR count). The standard InChI is InChI=1S/C13H9BrFN/c14-11-3-1-10(2-4-11)9-16-13-7-5-12(15)6-8-13/h1-9H/b16-9+. The molecule has 3 heteroatoms. The van der Waals surface area contributed by atoms with E-state index in [-0.39, 0.29) is 5.82 Å². The molecule has 0 heterocycles. The Kier molecular flexibility index (Phi) is 3.47. The van der Waals surface area contributed by atoms with E-state index >= 15 is 0 Å². The summed E-state index contributed by atoms with van der Waals surface area (Å²) in [5, 5.41) is 0. The highest BCUT2D eigenvalue weighted by Gasteiger charge is 1.91. The van der Waals surface area contributed by atoms with E-state index in [0.29, 0.717) is 0 Å². The van der Waals surface area contributed by atoms with E-state index in [4.69, 9.17) is 0 Å². The van der Waals surface area contributed by atoms with Gasteiger partial charge in [0.1, 0.15) is 5.82 Å². The van der Waals surface area contributed by atoms with Gasteiger partial charge in [0.2, 0.25) is 0 Å². The Balaban J connectivity index is 2.15. The molecular formula is C13H9BrFN. The van der Waals surface area contributed by atoms with Crippen LogP contribution in [0.3, 0.4) is 0 Å². The lowest BCUT2D eigenvalue weighted by Gasteiger charge is -1.94. The molecule has 0 aliphatic carbocycles. The zero-order chi connectivity index (χ0) is 11.4. The molecule has 0 fully saturated rings. The van der Waals surface area contributed by atoms with Crippen molar-refractivity contribution in [2.45, 2.75) is 0 Å². The van der Waals surface area contributed by atoms with Gasteiger partial charge in [0.15, 0.2) is 0 Å². The molecule has 0 amide bonds. The van der Waals surface area contributed by atoms with E-state index in [1.807, 2.05) is 24.3 Å². The second-order valence-electron chi connectivity index (χ2n) is 3.29. The summed E-state index contributed by atoms with van der Waals surface area (Å²) in [5.74, 6) is -0.248. The van der Waals surface area contributed by atoms with Gasteiger partial charge in [0, 0.05) is 10.7 Å². The highest BCUT2D eigenvalue weighted by molar-refractivity contribution is 9.10. The Hall–Kier alpha value is -1.48. The van der Waals surface area contributed by atoms with E-state index in [9.17, 15) is 4.39 Å². The molecule has 0 aliphatic rings. The Bertz CT molecular complexity index is 441. The lowest BCUT2D eigenvalue weighted by atomic mass is 10.2. The van der Waals surface area contributed by atoms with Crippen molar-refractivity contribution in [1.29, 1.82) is 0 Å². The molecule has 0 aromatic heterocycles. The number of rotatable bonds is 2. The fraction of sp³-hybridized carbons (Fsp3) is 0. The Morgan fingerprint density at radius 2 is 1.56 bits per heavy atom. The van der Waals surface area contributed by atoms with Crippen LogP contribution in [0, 0.1) is 5.82 Å². The predicted molar refractivity (Wildman–Crippen MR) is 67.8 cm³/mol. The first-order chi connectivity index (χ1) is 7.74. The van der Waals surface area contributed by atoms with Gasteiger partial charge in [-0.15, -0.1) is 0 Å². The van der Waals surface area contributed by atoms with Gasteiger partial charge in [0.05, 0.1) is 5.69 Å². The van der Waals surface area contributed by atoms with E-state index in [2.05, 4.69) is 20.9 Å². The molecule has 0 radical (unpaired) electrons. The molecule has 1 nitrogen and oxygen atoms in total. The number of benzene rings is 2. The van der Waals surface area contributed by atoms with E-state index in [1.54, 1.807) is 18.3 Å². The van der Waals surface area contributed by atoms with Crippen LogP contribution in [-0.2, 0) is 0 Å². The summed E-state index contributed by atoms with van der Waals surface area (Å²) in [6.07, 6.45) is 1.75. The van der Waals surface area contributed by atoms with Crippen LogP contribution in [0.25, 0.3) is 0 Å². The zero-order valence-corrected chi connectivity index (χ0v) is 9.99. The summed E-state index contributed by atoms with van der Waals surface area (Å²) in [6, 6.07) is 13.9. The van der Waals surface area contributed by atoms with Crippen molar-refractivity contribution in [2.24, 2.45) is 4.99 Å². The summed E-state index contributed by atoms with van der Waals surface area (Å²) in [4.78, 5) is 4.24. The Labute approximate surface area is 102 Å². The van der Waals surface area contributed by atoms with Crippen molar-refractivity contribution in [3.8, 4) is 0 Å². The second-order valence-corrected chi connectivity index (χ2v) is 4.20. The van der Waals surface area contributed by atoms with Crippen LogP contribution in [0.1, 0.15) is 5.56 Å². The van der Waals surface area contributed by atoms with Crippen molar-refractivity contribution in [2.75, 3.05) is 0 Å². The third-order valence-corrected chi connectivity index (χ3v) is 2.59. The van der Waals surface area contributed by atoms with Gasteiger partial charge < -0.3 is 0 Å². The largest absolute Gasteiger partial charge is 0.256 e. The lowest BCUT2D eigenvalue weighted by molar-refractivity contribution is 0.628. The van der Waals surface area contributed by atoms with Gasteiger partial charge >= 0.3 is 0 Å². The van der Waals surface area contributed by atoms with Crippen molar-refractivity contribution >= 4 is 27.8 Å². The van der Waals surface area contributed by atoms with Crippen LogP contribution in [-0.4, -0.2) is 6.21 Å². The summed E-state index contributed by atoms with van der Waals surface area (Å²) >= 11 is 3.36. The third kappa shape index (κ3) is 3.00. The molecule has 2 aromatic rings. The fourth-order valence-electron chi connectivity index (χ4n) is 1.23. The van der Waals surface area contributed by atoms with Gasteiger partial charge in [-0.25, -0.2) is 4.39 Å². The van der Waals surface area contributed by atoms with Crippen molar-refractivity contribution in [3.05, 3.63) is 64.4 Å². The Morgan fingerprint density at radius 3 is 2.19 bits per heavy atom. The number of hydrogen-bond donors (Lipinski definition) is 0. The first-order valence-electron chi connectivity index (χ1n) is 4.79. The monoisotopic (exact) mass is 277 g/mol. The highest BCUT2D eigenvalue weighted by Crippen LogP contribution is 2.13. The first-order valence-corrected chi connectivity index (χ1v) is 5.58. The molecule has 0 aliphatic heterocycles. The molecule has 0 N–H and O–H groups in total. The van der Waals surface area contributed by atoms with E-state index in [0.717, 1.165) is 15.7 Å². The number of aliphatic imine (C=N–C) groups is 1. The van der Waals surface area contributed by atoms with Crippen molar-refractivity contribution in [3.63, 3.8) is 0 Å². The SMILES string of the molecule is Fc1ccc(/N=C/c2ccc(Br)cc2)cc1. The minimum atomic E-state index is -0.248. The van der Waals surface area contributed by atoms with E-state index < -0.39 is 0 Å². The summed E-state index contributed by atoms with van der Waals surface area (Å²) in [7, 11) is 0. The Morgan fingerprint density at radius 1 is 0.938 bits per heavy atom. The molecule has 0 bridgehead atoms. The average molecular weight is 278 g/mol. The van der Waals surface area contributed by atoms with Crippen molar-refractivity contribution < 1.29 is 4.39 Å². The summed E-state index contributed by atoms with van der Waals surface area (Å²) in [5.41, 5.74) is 1.75. The maximum absolute atomic E-state index is 12.6. The van der Waals surface area contributed by atoms with Gasteiger partial charge in [-0.1, -0.05) is 28.1 Å². The maximum Gasteiger partial charge on any atom is 0.123 e. The minimum absolute atomic E-state index is 0.248. The molecule has 0 saturated carbocycles. The fourth-order valence-corrected chi connectivity index (χ4v) is 1.49. The number of hydrogen-bond acceptors (Lipinski definition) is 1. The molecule has 2 aromatic carbocycles. The topological polar surface area (TPSA) is 12.4 Å². The molecule has 0 atom stereocenters. The first kappa shape index (κ1) is 11.0. The summed E-state index contributed by atoms with van der Waals surface area (Å²) < 4.78 is 13.7. The van der Waals surface area contributed by atoms with Crippen LogP contribution < -0.4 is 0 Å². The molecule has 0 saturated heterocycles. The van der Waals surface area contributed by atoms with Crippen LogP contribution in [0.15, 0.2) is 58.0 Å². The number of nitrogens with zero attached hydrogens (tertiary/aromatic N) is 1. The van der Waals surface area contributed by atoms with Crippen LogP contribution in [0.5, 0.6) is 0 Å². The molecular weight excluding hydrogens is 269 g/mol. The van der Waals surface area contributed by atoms with Gasteiger partial charge in [-0.2, -0.15) is 0 Å². The van der Waals surface area contributed by atoms with Crippen molar-refractivity contribution in [1.82, 2.24) is 0 Å². The molecule has 80 valence electrons. The van der Waals surface area contributed by atoms with Gasteiger partial charge in [-0.05, 0) is 42.0 Å². The van der Waals surface area contributed by atoms with Crippen LogP contribution in [0.2, 0.25) is 0 Å². The quantitative estimate of drug-likeness (QED) is 0.725. The predicted octanol–water partition coefficient (Wildman–Crippen LogP) is 4.34. The number of halogens is 2.